The molecule has 0 atom stereocenters. The van der Waals surface area contributed by atoms with Gasteiger partial charge in [-0.1, -0.05) is 0 Å². The molecule has 0 aromatic heterocycles. The van der Waals surface area contributed by atoms with Crippen molar-refractivity contribution in [2.24, 2.45) is 0 Å². The first-order chi connectivity index (χ1) is 9.04. The maximum absolute atomic E-state index is 11.7. The Morgan fingerprint density at radius 1 is 1.26 bits per heavy atom. The summed E-state index contributed by atoms with van der Waals surface area (Å²) in [4.78, 5) is 23.0. The highest BCUT2D eigenvalue weighted by atomic mass is 16.5. The summed E-state index contributed by atoms with van der Waals surface area (Å²) in [6, 6.07) is 3.57. The zero-order valence-corrected chi connectivity index (χ0v) is 10.5. The van der Waals surface area contributed by atoms with E-state index in [1.54, 1.807) is 0 Å². The number of aromatic hydroxyl groups is 2. The van der Waals surface area contributed by atoms with Crippen molar-refractivity contribution in [2.45, 2.75) is 0 Å². The van der Waals surface area contributed by atoms with Crippen LogP contribution in [0, 0.1) is 0 Å². The molecule has 1 aromatic rings. The highest BCUT2D eigenvalue weighted by Gasteiger charge is 2.12. The van der Waals surface area contributed by atoms with Crippen LogP contribution in [-0.2, 0) is 9.53 Å². The lowest BCUT2D eigenvalue weighted by atomic mass is 10.2. The van der Waals surface area contributed by atoms with Crippen LogP contribution in [-0.4, -0.2) is 48.8 Å². The average molecular weight is 268 g/mol. The van der Waals surface area contributed by atoms with E-state index in [0.29, 0.717) is 13.2 Å². The monoisotopic (exact) mass is 268 g/mol. The van der Waals surface area contributed by atoms with E-state index in [2.05, 4.69) is 10.6 Å². The summed E-state index contributed by atoms with van der Waals surface area (Å²) in [5.41, 5.74) is -0.0929. The number of amides is 2. The Bertz CT molecular complexity index is 461. The quantitative estimate of drug-likeness (QED) is 0.414. The van der Waals surface area contributed by atoms with Gasteiger partial charge < -0.3 is 25.6 Å². The topological polar surface area (TPSA) is 108 Å². The standard InChI is InChI=1S/C12H16N2O5/c1-19-5-4-13-11(17)7-14-12(18)9-6-8(15)2-3-10(9)16/h2-3,6,15-16H,4-5,7H2,1H3,(H,13,17)(H,14,18). The minimum atomic E-state index is -0.643. The molecule has 1 aromatic carbocycles. The molecule has 0 saturated carbocycles. The SMILES string of the molecule is COCCNC(=O)CNC(=O)c1cc(O)ccc1O. The van der Waals surface area contributed by atoms with Crippen LogP contribution in [0.25, 0.3) is 0 Å². The van der Waals surface area contributed by atoms with Crippen LogP contribution in [0.5, 0.6) is 11.5 Å². The van der Waals surface area contributed by atoms with E-state index in [9.17, 15) is 19.8 Å². The Morgan fingerprint density at radius 3 is 2.68 bits per heavy atom. The van der Waals surface area contributed by atoms with Crippen LogP contribution in [0.1, 0.15) is 10.4 Å². The van der Waals surface area contributed by atoms with E-state index in [4.69, 9.17) is 4.74 Å². The fraction of sp³-hybridized carbons (Fsp3) is 0.333. The highest BCUT2D eigenvalue weighted by Crippen LogP contribution is 2.21. The Kier molecular flexibility index (Phi) is 5.62. The summed E-state index contributed by atoms with van der Waals surface area (Å²) in [5, 5.41) is 23.5. The van der Waals surface area contributed by atoms with Gasteiger partial charge in [0.15, 0.2) is 0 Å². The predicted octanol–water partition coefficient (Wildman–Crippen LogP) is -0.410. The van der Waals surface area contributed by atoms with Crippen molar-refractivity contribution in [1.29, 1.82) is 0 Å². The van der Waals surface area contributed by atoms with Crippen molar-refractivity contribution in [3.63, 3.8) is 0 Å². The summed E-state index contributed by atoms with van der Waals surface area (Å²) in [5.74, 6) is -1.43. The van der Waals surface area contributed by atoms with Crippen molar-refractivity contribution in [3.8, 4) is 11.5 Å². The third-order valence-corrected chi connectivity index (χ3v) is 2.26. The average Bonchev–Trinajstić information content (AvgIpc) is 2.39. The number of phenols is 2. The number of carbonyl (C=O) groups is 2. The van der Waals surface area contributed by atoms with Gasteiger partial charge >= 0.3 is 0 Å². The largest absolute Gasteiger partial charge is 0.508 e. The summed E-state index contributed by atoms with van der Waals surface area (Å²) in [6.07, 6.45) is 0. The Hall–Kier alpha value is -2.28. The molecule has 0 saturated heterocycles. The molecular formula is C12H16N2O5. The normalized spacial score (nSPS) is 9.95. The Balaban J connectivity index is 2.47. The number of methoxy groups -OCH3 is 1. The Morgan fingerprint density at radius 2 is 2.00 bits per heavy atom. The molecule has 0 fully saturated rings. The molecule has 0 bridgehead atoms. The summed E-state index contributed by atoms with van der Waals surface area (Å²) in [6.45, 7) is 0.507. The summed E-state index contributed by atoms with van der Waals surface area (Å²) in [7, 11) is 1.51. The number of hydrogen-bond donors (Lipinski definition) is 4. The molecule has 4 N–H and O–H groups in total. The maximum Gasteiger partial charge on any atom is 0.255 e. The second kappa shape index (κ2) is 7.22. The smallest absolute Gasteiger partial charge is 0.255 e. The van der Waals surface area contributed by atoms with Crippen LogP contribution in [0.15, 0.2) is 18.2 Å². The molecule has 0 aliphatic rings. The molecule has 0 aliphatic heterocycles. The van der Waals surface area contributed by atoms with Crippen molar-refractivity contribution in [3.05, 3.63) is 23.8 Å². The number of nitrogens with one attached hydrogen (secondary N) is 2. The zero-order chi connectivity index (χ0) is 14.3. The predicted molar refractivity (Wildman–Crippen MR) is 67.0 cm³/mol. The molecule has 0 radical (unpaired) electrons. The summed E-state index contributed by atoms with van der Waals surface area (Å²) >= 11 is 0. The van der Waals surface area contributed by atoms with E-state index in [1.165, 1.54) is 19.2 Å². The van der Waals surface area contributed by atoms with Crippen molar-refractivity contribution in [2.75, 3.05) is 26.8 Å². The third kappa shape index (κ3) is 4.84. The van der Waals surface area contributed by atoms with Gasteiger partial charge in [-0.15, -0.1) is 0 Å². The molecule has 0 aliphatic carbocycles. The van der Waals surface area contributed by atoms with E-state index in [0.717, 1.165) is 6.07 Å². The molecule has 7 heteroatoms. The fourth-order valence-corrected chi connectivity index (χ4v) is 1.32. The van der Waals surface area contributed by atoms with Crippen LogP contribution in [0.3, 0.4) is 0 Å². The lowest BCUT2D eigenvalue weighted by Crippen LogP contribution is -2.38. The van der Waals surface area contributed by atoms with Gasteiger partial charge in [0.25, 0.3) is 5.91 Å². The van der Waals surface area contributed by atoms with E-state index >= 15 is 0 Å². The fourth-order valence-electron chi connectivity index (χ4n) is 1.32. The number of phenolic OH excluding ortho intramolecular Hbond substituents is 2. The number of rotatable bonds is 6. The van der Waals surface area contributed by atoms with E-state index in [1.807, 2.05) is 0 Å². The minimum Gasteiger partial charge on any atom is -0.508 e. The molecule has 0 heterocycles. The molecule has 19 heavy (non-hydrogen) atoms. The molecule has 2 amide bonds. The van der Waals surface area contributed by atoms with Gasteiger partial charge in [-0.2, -0.15) is 0 Å². The van der Waals surface area contributed by atoms with Crippen LogP contribution >= 0.6 is 0 Å². The molecular weight excluding hydrogens is 252 g/mol. The van der Waals surface area contributed by atoms with Crippen molar-refractivity contribution >= 4 is 11.8 Å². The molecule has 7 nitrogen and oxygen atoms in total. The zero-order valence-electron chi connectivity index (χ0n) is 10.5. The molecule has 104 valence electrons. The van der Waals surface area contributed by atoms with Gasteiger partial charge in [0.2, 0.25) is 5.91 Å². The Labute approximate surface area is 110 Å². The first kappa shape index (κ1) is 14.8. The van der Waals surface area contributed by atoms with Gasteiger partial charge in [-0.05, 0) is 18.2 Å². The third-order valence-electron chi connectivity index (χ3n) is 2.26. The molecule has 0 spiro atoms. The van der Waals surface area contributed by atoms with Gasteiger partial charge in [0.05, 0.1) is 18.7 Å². The lowest BCUT2D eigenvalue weighted by Gasteiger charge is -2.08. The van der Waals surface area contributed by atoms with Gasteiger partial charge in [0, 0.05) is 13.7 Å². The first-order valence-electron chi connectivity index (χ1n) is 5.60. The van der Waals surface area contributed by atoms with Crippen LogP contribution in [0.2, 0.25) is 0 Å². The molecule has 0 unspecified atom stereocenters. The van der Waals surface area contributed by atoms with Gasteiger partial charge in [0.1, 0.15) is 11.5 Å². The van der Waals surface area contributed by atoms with Gasteiger partial charge in [-0.25, -0.2) is 0 Å². The maximum atomic E-state index is 11.7. The van der Waals surface area contributed by atoms with Crippen molar-refractivity contribution in [1.82, 2.24) is 10.6 Å². The second-order valence-corrected chi connectivity index (χ2v) is 3.73. The summed E-state index contributed by atoms with van der Waals surface area (Å²) < 4.78 is 4.75. The number of ether oxygens (including phenoxy) is 1. The van der Waals surface area contributed by atoms with E-state index in [-0.39, 0.29) is 29.5 Å². The number of hydrogen-bond acceptors (Lipinski definition) is 5. The minimum absolute atomic E-state index is 0.0929. The number of carbonyl (C=O) groups excluding carboxylic acids is 2. The van der Waals surface area contributed by atoms with Crippen molar-refractivity contribution < 1.29 is 24.5 Å². The van der Waals surface area contributed by atoms with Gasteiger partial charge in [-0.3, -0.25) is 9.59 Å². The molecule has 1 rings (SSSR count). The first-order valence-corrected chi connectivity index (χ1v) is 5.60. The highest BCUT2D eigenvalue weighted by molar-refractivity contribution is 5.99. The van der Waals surface area contributed by atoms with Crippen LogP contribution < -0.4 is 10.6 Å². The second-order valence-electron chi connectivity index (χ2n) is 3.73. The lowest BCUT2D eigenvalue weighted by molar-refractivity contribution is -0.120. The van der Waals surface area contributed by atoms with Crippen LogP contribution in [0.4, 0.5) is 0 Å². The number of benzene rings is 1. The van der Waals surface area contributed by atoms with E-state index < -0.39 is 5.91 Å².